The van der Waals surface area contributed by atoms with Crippen LogP contribution in [0.4, 0.5) is 5.69 Å². The van der Waals surface area contributed by atoms with Crippen LogP contribution in [-0.2, 0) is 16.0 Å². The van der Waals surface area contributed by atoms with Crippen molar-refractivity contribution in [2.45, 2.75) is 13.3 Å². The van der Waals surface area contributed by atoms with E-state index in [1.54, 1.807) is 24.3 Å². The molecule has 0 heterocycles. The third kappa shape index (κ3) is 5.93. The summed E-state index contributed by atoms with van der Waals surface area (Å²) in [6.45, 7) is 1.89. The molecule has 4 nitrogen and oxygen atoms in total. The van der Waals surface area contributed by atoms with Crippen molar-refractivity contribution < 1.29 is 9.59 Å². The first kappa shape index (κ1) is 19.0. The predicted octanol–water partition coefficient (Wildman–Crippen LogP) is 4.32. The Morgan fingerprint density at radius 2 is 1.88 bits per heavy atom. The number of halogens is 2. The fourth-order valence-corrected chi connectivity index (χ4v) is 2.54. The van der Waals surface area contributed by atoms with Gasteiger partial charge in [0.15, 0.2) is 0 Å². The van der Waals surface area contributed by atoms with E-state index in [0.717, 1.165) is 17.7 Å². The average Bonchev–Trinajstić information content (AvgIpc) is 2.61. The number of para-hydroxylation sites is 1. The highest BCUT2D eigenvalue weighted by Gasteiger charge is 2.06. The summed E-state index contributed by atoms with van der Waals surface area (Å²) in [5, 5.41) is 6.34. The summed E-state index contributed by atoms with van der Waals surface area (Å²) in [6.07, 6.45) is 3.67. The number of hydrogen-bond acceptors (Lipinski definition) is 2. The topological polar surface area (TPSA) is 58.2 Å². The molecule has 6 heteroatoms. The third-order valence-corrected chi connectivity index (χ3v) is 4.05. The number of anilines is 1. The average molecular weight is 377 g/mol. The summed E-state index contributed by atoms with van der Waals surface area (Å²) >= 11 is 11.9. The van der Waals surface area contributed by atoms with Gasteiger partial charge in [0.25, 0.3) is 0 Å². The first-order valence-electron chi connectivity index (χ1n) is 7.78. The Bertz CT molecular complexity index is 804. The van der Waals surface area contributed by atoms with E-state index in [1.165, 1.54) is 6.08 Å². The number of hydrogen-bond donors (Lipinski definition) is 2. The monoisotopic (exact) mass is 376 g/mol. The smallest absolute Gasteiger partial charge is 0.244 e. The lowest BCUT2D eigenvalue weighted by Crippen LogP contribution is -2.31. The fourth-order valence-electron chi connectivity index (χ4n) is 2.18. The van der Waals surface area contributed by atoms with Crippen LogP contribution < -0.4 is 10.6 Å². The first-order valence-corrected chi connectivity index (χ1v) is 8.54. The molecule has 0 aliphatic rings. The molecule has 0 saturated heterocycles. The lowest BCUT2D eigenvalue weighted by molar-refractivity contribution is -0.121. The number of rotatable bonds is 6. The minimum Gasteiger partial charge on any atom is -0.343 e. The summed E-state index contributed by atoms with van der Waals surface area (Å²) in [7, 11) is 0. The molecule has 0 saturated carbocycles. The zero-order valence-electron chi connectivity index (χ0n) is 13.7. The zero-order valence-corrected chi connectivity index (χ0v) is 15.2. The molecule has 25 heavy (non-hydrogen) atoms. The Labute approximate surface area is 156 Å². The molecular formula is C19H18Cl2N2O2. The van der Waals surface area contributed by atoms with Crippen LogP contribution in [0.15, 0.2) is 48.5 Å². The van der Waals surface area contributed by atoms with Crippen LogP contribution in [0, 0.1) is 0 Å². The number of carbonyl (C=O) groups is 2. The lowest BCUT2D eigenvalue weighted by Gasteiger charge is -2.09. The second-order valence-electron chi connectivity index (χ2n) is 5.28. The lowest BCUT2D eigenvalue weighted by atomic mass is 10.1. The summed E-state index contributed by atoms with van der Waals surface area (Å²) < 4.78 is 0. The standard InChI is InChI=1S/C19H18Cl2N2O2/c1-2-13-5-3-4-6-17(13)23-19(25)12-22-18(24)10-7-14-11-15(20)8-9-16(14)21/h3-11H,2,12H2,1H3,(H,22,24)(H,23,25)/b10-7+. The van der Waals surface area contributed by atoms with Gasteiger partial charge in [0, 0.05) is 21.8 Å². The largest absolute Gasteiger partial charge is 0.343 e. The molecule has 2 rings (SSSR count). The van der Waals surface area contributed by atoms with Gasteiger partial charge >= 0.3 is 0 Å². The summed E-state index contributed by atoms with van der Waals surface area (Å²) in [5.74, 6) is -0.682. The fraction of sp³-hybridized carbons (Fsp3) is 0.158. The highest BCUT2D eigenvalue weighted by molar-refractivity contribution is 6.34. The van der Waals surface area contributed by atoms with Crippen molar-refractivity contribution in [3.63, 3.8) is 0 Å². The van der Waals surface area contributed by atoms with Crippen LogP contribution >= 0.6 is 23.2 Å². The van der Waals surface area contributed by atoms with Crippen molar-refractivity contribution in [3.05, 3.63) is 69.7 Å². The van der Waals surface area contributed by atoms with Crippen molar-refractivity contribution in [3.8, 4) is 0 Å². The minimum absolute atomic E-state index is 0.121. The van der Waals surface area contributed by atoms with Crippen molar-refractivity contribution in [1.29, 1.82) is 0 Å². The highest BCUT2D eigenvalue weighted by atomic mass is 35.5. The van der Waals surface area contributed by atoms with Crippen LogP contribution in [0.3, 0.4) is 0 Å². The van der Waals surface area contributed by atoms with Crippen LogP contribution in [-0.4, -0.2) is 18.4 Å². The molecule has 2 N–H and O–H groups in total. The molecule has 0 radical (unpaired) electrons. The van der Waals surface area contributed by atoms with Crippen LogP contribution in [0.1, 0.15) is 18.1 Å². The summed E-state index contributed by atoms with van der Waals surface area (Å²) in [5.41, 5.74) is 2.42. The van der Waals surface area contributed by atoms with Gasteiger partial charge in [-0.2, -0.15) is 0 Å². The van der Waals surface area contributed by atoms with Gasteiger partial charge in [0.05, 0.1) is 6.54 Å². The Morgan fingerprint density at radius 1 is 1.12 bits per heavy atom. The maximum absolute atomic E-state index is 12.0. The minimum atomic E-state index is -0.394. The van der Waals surface area contributed by atoms with Gasteiger partial charge in [-0.3, -0.25) is 9.59 Å². The Kier molecular flexibility index (Phi) is 7.04. The number of nitrogens with one attached hydrogen (secondary N) is 2. The Hall–Kier alpha value is -2.30. The number of amides is 2. The van der Waals surface area contributed by atoms with Gasteiger partial charge in [0.1, 0.15) is 0 Å². The maximum Gasteiger partial charge on any atom is 0.244 e. The van der Waals surface area contributed by atoms with E-state index < -0.39 is 5.91 Å². The van der Waals surface area contributed by atoms with E-state index in [1.807, 2.05) is 31.2 Å². The number of benzene rings is 2. The first-order chi connectivity index (χ1) is 12.0. The van der Waals surface area contributed by atoms with Gasteiger partial charge in [0.2, 0.25) is 11.8 Å². The van der Waals surface area contributed by atoms with E-state index in [9.17, 15) is 9.59 Å². The van der Waals surface area contributed by atoms with Crippen molar-refractivity contribution in [1.82, 2.24) is 5.32 Å². The molecule has 0 aromatic heterocycles. The molecule has 0 aliphatic heterocycles. The molecule has 2 aromatic carbocycles. The molecule has 0 unspecified atom stereocenters. The number of aryl methyl sites for hydroxylation is 1. The molecule has 0 atom stereocenters. The molecule has 130 valence electrons. The van der Waals surface area contributed by atoms with Crippen LogP contribution in [0.2, 0.25) is 10.0 Å². The van der Waals surface area contributed by atoms with Gasteiger partial charge in [-0.25, -0.2) is 0 Å². The van der Waals surface area contributed by atoms with Gasteiger partial charge in [-0.05, 0) is 47.9 Å². The van der Waals surface area contributed by atoms with Crippen LogP contribution in [0.5, 0.6) is 0 Å². The van der Waals surface area contributed by atoms with Crippen molar-refractivity contribution >= 4 is 46.8 Å². The Morgan fingerprint density at radius 3 is 2.64 bits per heavy atom. The molecule has 0 aliphatic carbocycles. The van der Waals surface area contributed by atoms with E-state index in [2.05, 4.69) is 10.6 Å². The molecule has 0 spiro atoms. The third-order valence-electron chi connectivity index (χ3n) is 3.47. The molecular weight excluding hydrogens is 359 g/mol. The number of carbonyl (C=O) groups excluding carboxylic acids is 2. The second-order valence-corrected chi connectivity index (χ2v) is 6.12. The quantitative estimate of drug-likeness (QED) is 0.737. The molecule has 0 fully saturated rings. The van der Waals surface area contributed by atoms with Gasteiger partial charge in [-0.1, -0.05) is 48.3 Å². The maximum atomic E-state index is 12.0. The summed E-state index contributed by atoms with van der Waals surface area (Å²) in [4.78, 5) is 23.8. The predicted molar refractivity (Wildman–Crippen MR) is 103 cm³/mol. The second kappa shape index (κ2) is 9.25. The van der Waals surface area contributed by atoms with Crippen molar-refractivity contribution in [2.75, 3.05) is 11.9 Å². The SMILES string of the molecule is CCc1ccccc1NC(=O)CNC(=O)/C=C/c1cc(Cl)ccc1Cl. The molecule has 0 bridgehead atoms. The van der Waals surface area contributed by atoms with Gasteiger partial charge < -0.3 is 10.6 Å². The van der Waals surface area contributed by atoms with E-state index in [4.69, 9.17) is 23.2 Å². The zero-order chi connectivity index (χ0) is 18.2. The van der Waals surface area contributed by atoms with Crippen LogP contribution in [0.25, 0.3) is 6.08 Å². The van der Waals surface area contributed by atoms with Crippen molar-refractivity contribution in [2.24, 2.45) is 0 Å². The van der Waals surface area contributed by atoms with E-state index in [0.29, 0.717) is 15.6 Å². The van der Waals surface area contributed by atoms with Gasteiger partial charge in [-0.15, -0.1) is 0 Å². The molecule has 2 aromatic rings. The Balaban J connectivity index is 1.88. The normalized spacial score (nSPS) is 10.7. The van der Waals surface area contributed by atoms with E-state index in [-0.39, 0.29) is 12.5 Å². The summed E-state index contributed by atoms with van der Waals surface area (Å²) in [6, 6.07) is 12.5. The highest BCUT2D eigenvalue weighted by Crippen LogP contribution is 2.21. The molecule has 2 amide bonds. The van der Waals surface area contributed by atoms with E-state index >= 15 is 0 Å².